The highest BCUT2D eigenvalue weighted by Gasteiger charge is 2.37. The Balaban J connectivity index is 1.99. The summed E-state index contributed by atoms with van der Waals surface area (Å²) in [7, 11) is 0. The number of allylic oxidation sites excluding steroid dienone is 3. The van der Waals surface area contributed by atoms with Crippen LogP contribution in [-0.4, -0.2) is 0 Å². The second kappa shape index (κ2) is 6.61. The highest BCUT2D eigenvalue weighted by atomic mass is 16.3. The van der Waals surface area contributed by atoms with Crippen LogP contribution in [0.25, 0.3) is 11.6 Å². The minimum atomic E-state index is 0.245. The maximum Gasteiger partial charge on any atom is 0.129 e. The van der Waals surface area contributed by atoms with Crippen molar-refractivity contribution < 1.29 is 4.42 Å². The number of aryl methyl sites for hydroxylation is 2. The predicted octanol–water partition coefficient (Wildman–Crippen LogP) is 7.36. The van der Waals surface area contributed by atoms with Gasteiger partial charge in [-0.25, -0.2) is 0 Å². The van der Waals surface area contributed by atoms with Crippen molar-refractivity contribution in [3.8, 4) is 0 Å². The zero-order chi connectivity index (χ0) is 19.1. The minimum absolute atomic E-state index is 0.245. The molecule has 0 saturated carbocycles. The van der Waals surface area contributed by atoms with Crippen LogP contribution >= 0.6 is 0 Å². The van der Waals surface area contributed by atoms with E-state index >= 15 is 0 Å². The van der Waals surface area contributed by atoms with Gasteiger partial charge in [0.1, 0.15) is 5.76 Å². The molecular formula is C25H32O. The van der Waals surface area contributed by atoms with Crippen molar-refractivity contribution in [2.75, 3.05) is 0 Å². The summed E-state index contributed by atoms with van der Waals surface area (Å²) in [5.41, 5.74) is 8.75. The highest BCUT2D eigenvalue weighted by Crippen LogP contribution is 2.47. The van der Waals surface area contributed by atoms with E-state index in [1.165, 1.54) is 46.2 Å². The van der Waals surface area contributed by atoms with Crippen molar-refractivity contribution in [1.29, 1.82) is 0 Å². The van der Waals surface area contributed by atoms with Crippen LogP contribution in [0.2, 0.25) is 0 Å². The Morgan fingerprint density at radius 1 is 0.962 bits per heavy atom. The van der Waals surface area contributed by atoms with Crippen LogP contribution in [0.4, 0.5) is 0 Å². The van der Waals surface area contributed by atoms with Gasteiger partial charge in [0, 0.05) is 0 Å². The van der Waals surface area contributed by atoms with E-state index in [4.69, 9.17) is 4.42 Å². The molecule has 138 valence electrons. The van der Waals surface area contributed by atoms with Crippen molar-refractivity contribution in [2.24, 2.45) is 0 Å². The summed E-state index contributed by atoms with van der Waals surface area (Å²) in [6, 6.07) is 6.88. The maximum atomic E-state index is 5.48. The average Bonchev–Trinajstić information content (AvgIpc) is 2.97. The quantitative estimate of drug-likeness (QED) is 0.528. The summed E-state index contributed by atoms with van der Waals surface area (Å²) >= 11 is 0. The molecule has 0 atom stereocenters. The van der Waals surface area contributed by atoms with Crippen LogP contribution in [0.15, 0.2) is 41.0 Å². The SMILES string of the molecule is C/C(=C\C=C\c1occc1C)c1cc2c(cc1C)C(C)(C)CCC2(C)C. The Morgan fingerprint density at radius 3 is 2.15 bits per heavy atom. The molecule has 0 aliphatic heterocycles. The first kappa shape index (κ1) is 18.8. The number of fused-ring (bicyclic) bond motifs is 1. The van der Waals surface area contributed by atoms with E-state index in [0.29, 0.717) is 0 Å². The third-order valence-corrected chi connectivity index (χ3v) is 6.12. The molecule has 1 aromatic heterocycles. The van der Waals surface area contributed by atoms with Crippen LogP contribution in [0.5, 0.6) is 0 Å². The van der Waals surface area contributed by atoms with Crippen LogP contribution < -0.4 is 0 Å². The predicted molar refractivity (Wildman–Crippen MR) is 113 cm³/mol. The van der Waals surface area contributed by atoms with E-state index in [-0.39, 0.29) is 10.8 Å². The van der Waals surface area contributed by atoms with E-state index in [2.05, 4.69) is 72.8 Å². The smallest absolute Gasteiger partial charge is 0.129 e. The zero-order valence-corrected chi connectivity index (χ0v) is 17.4. The van der Waals surface area contributed by atoms with Gasteiger partial charge in [0.2, 0.25) is 0 Å². The summed E-state index contributed by atoms with van der Waals surface area (Å²) in [6.45, 7) is 16.1. The fourth-order valence-corrected chi connectivity index (χ4v) is 4.07. The summed E-state index contributed by atoms with van der Waals surface area (Å²) in [5, 5.41) is 0. The van der Waals surface area contributed by atoms with Crippen molar-refractivity contribution in [3.63, 3.8) is 0 Å². The first-order chi connectivity index (χ1) is 12.1. The third kappa shape index (κ3) is 3.45. The second-order valence-corrected chi connectivity index (χ2v) is 9.16. The molecule has 0 bridgehead atoms. The van der Waals surface area contributed by atoms with Gasteiger partial charge in [-0.05, 0) is 90.0 Å². The summed E-state index contributed by atoms with van der Waals surface area (Å²) in [5.74, 6) is 0.930. The molecule has 1 aromatic carbocycles. The largest absolute Gasteiger partial charge is 0.465 e. The summed E-state index contributed by atoms with van der Waals surface area (Å²) < 4.78 is 5.48. The Hall–Kier alpha value is -2.02. The van der Waals surface area contributed by atoms with E-state index in [1.807, 2.05) is 12.1 Å². The molecule has 0 radical (unpaired) electrons. The lowest BCUT2D eigenvalue weighted by Gasteiger charge is -2.42. The first-order valence-corrected chi connectivity index (χ1v) is 9.67. The summed E-state index contributed by atoms with van der Waals surface area (Å²) in [4.78, 5) is 0. The van der Waals surface area contributed by atoms with Gasteiger partial charge < -0.3 is 4.42 Å². The Labute approximate surface area is 158 Å². The molecule has 0 amide bonds. The molecule has 0 spiro atoms. The lowest BCUT2D eigenvalue weighted by Crippen LogP contribution is -2.34. The molecule has 1 nitrogen and oxygen atoms in total. The van der Waals surface area contributed by atoms with Crippen molar-refractivity contribution >= 4 is 11.6 Å². The van der Waals surface area contributed by atoms with Crippen molar-refractivity contribution in [1.82, 2.24) is 0 Å². The fraction of sp³-hybridized carbons (Fsp3) is 0.440. The number of hydrogen-bond acceptors (Lipinski definition) is 1. The van der Waals surface area contributed by atoms with Crippen LogP contribution in [0.1, 0.15) is 81.0 Å². The Bertz CT molecular complexity index is 872. The number of furan rings is 1. The van der Waals surface area contributed by atoms with Gasteiger partial charge >= 0.3 is 0 Å². The molecule has 2 aromatic rings. The normalized spacial score (nSPS) is 19.0. The second-order valence-electron chi connectivity index (χ2n) is 9.16. The molecule has 1 aliphatic rings. The van der Waals surface area contributed by atoms with Gasteiger partial charge in [-0.2, -0.15) is 0 Å². The lowest BCUT2D eigenvalue weighted by molar-refractivity contribution is 0.331. The van der Waals surface area contributed by atoms with E-state index in [1.54, 1.807) is 6.26 Å². The molecule has 0 fully saturated rings. The minimum Gasteiger partial charge on any atom is -0.465 e. The van der Waals surface area contributed by atoms with Gasteiger partial charge in [-0.15, -0.1) is 0 Å². The third-order valence-electron chi connectivity index (χ3n) is 6.12. The molecule has 1 heterocycles. The number of benzene rings is 1. The van der Waals surface area contributed by atoms with E-state index < -0.39 is 0 Å². The summed E-state index contributed by atoms with van der Waals surface area (Å²) in [6.07, 6.45) is 10.6. The van der Waals surface area contributed by atoms with Crippen LogP contribution in [0.3, 0.4) is 0 Å². The molecule has 1 heteroatoms. The van der Waals surface area contributed by atoms with Gasteiger partial charge in [-0.1, -0.05) is 52.0 Å². The van der Waals surface area contributed by atoms with Crippen LogP contribution in [-0.2, 0) is 10.8 Å². The molecule has 1 aliphatic carbocycles. The first-order valence-electron chi connectivity index (χ1n) is 9.67. The molecule has 0 N–H and O–H groups in total. The van der Waals surface area contributed by atoms with Gasteiger partial charge in [0.25, 0.3) is 0 Å². The number of rotatable bonds is 3. The topological polar surface area (TPSA) is 13.1 Å². The van der Waals surface area contributed by atoms with Gasteiger partial charge in [-0.3, -0.25) is 0 Å². The molecular weight excluding hydrogens is 316 g/mol. The molecule has 26 heavy (non-hydrogen) atoms. The Kier molecular flexibility index (Phi) is 4.77. The van der Waals surface area contributed by atoms with Gasteiger partial charge in [0.15, 0.2) is 0 Å². The van der Waals surface area contributed by atoms with E-state index in [0.717, 1.165) is 5.76 Å². The highest BCUT2D eigenvalue weighted by molar-refractivity contribution is 5.71. The fourth-order valence-electron chi connectivity index (χ4n) is 4.07. The molecule has 3 rings (SSSR count). The van der Waals surface area contributed by atoms with Crippen LogP contribution in [0, 0.1) is 13.8 Å². The maximum absolute atomic E-state index is 5.48. The Morgan fingerprint density at radius 2 is 1.58 bits per heavy atom. The molecule has 0 saturated heterocycles. The lowest BCUT2D eigenvalue weighted by atomic mass is 9.62. The monoisotopic (exact) mass is 348 g/mol. The molecule has 0 unspecified atom stereocenters. The van der Waals surface area contributed by atoms with Crippen molar-refractivity contribution in [2.45, 2.75) is 72.1 Å². The standard InChI is InChI=1S/C25H32O/c1-17(9-8-10-23-18(2)11-14-26-23)20-16-22-21(15-19(20)3)24(4,5)12-13-25(22,6)7/h8-11,14-16H,12-13H2,1-7H3/b10-8+,17-9+. The zero-order valence-electron chi connectivity index (χ0n) is 17.4. The number of hydrogen-bond donors (Lipinski definition) is 0. The van der Waals surface area contributed by atoms with E-state index in [9.17, 15) is 0 Å². The van der Waals surface area contributed by atoms with Gasteiger partial charge in [0.05, 0.1) is 6.26 Å². The van der Waals surface area contributed by atoms with Crippen molar-refractivity contribution in [3.05, 3.63) is 70.2 Å². The average molecular weight is 349 g/mol.